The van der Waals surface area contributed by atoms with Crippen molar-refractivity contribution in [2.45, 2.75) is 13.0 Å². The lowest BCUT2D eigenvalue weighted by Gasteiger charge is -2.26. The maximum atomic E-state index is 12.5. The van der Waals surface area contributed by atoms with Crippen LogP contribution in [0.1, 0.15) is 11.1 Å². The van der Waals surface area contributed by atoms with Gasteiger partial charge in [-0.1, -0.05) is 23.8 Å². The highest BCUT2D eigenvalue weighted by Gasteiger charge is 2.20. The third-order valence-corrected chi connectivity index (χ3v) is 4.44. The minimum absolute atomic E-state index is 0.172. The maximum absolute atomic E-state index is 12.5. The van der Waals surface area contributed by atoms with Crippen LogP contribution < -0.4 is 20.2 Å². The Morgan fingerprint density at radius 3 is 2.89 bits per heavy atom. The van der Waals surface area contributed by atoms with Crippen molar-refractivity contribution >= 4 is 23.0 Å². The quantitative estimate of drug-likeness (QED) is 0.707. The van der Waals surface area contributed by atoms with Crippen molar-refractivity contribution in [1.29, 1.82) is 0 Å². The maximum Gasteiger partial charge on any atom is 0.244 e. The van der Waals surface area contributed by atoms with Crippen molar-refractivity contribution in [2.75, 3.05) is 13.2 Å². The van der Waals surface area contributed by atoms with E-state index >= 15 is 0 Å². The molecule has 0 spiro atoms. The van der Waals surface area contributed by atoms with Crippen LogP contribution in [0.25, 0.3) is 17.0 Å². The van der Waals surface area contributed by atoms with Gasteiger partial charge in [0, 0.05) is 6.08 Å². The third-order valence-electron chi connectivity index (χ3n) is 4.44. The molecule has 6 heteroatoms. The van der Waals surface area contributed by atoms with Gasteiger partial charge in [0.1, 0.15) is 24.6 Å². The first-order valence-electron chi connectivity index (χ1n) is 8.97. The SMILES string of the molecule is Cc1ccc2occ(/C=C/C(=O)NCC3COc4ccccc4O3)c(=O)c2c1. The lowest BCUT2D eigenvalue weighted by molar-refractivity contribution is -0.116. The highest BCUT2D eigenvalue weighted by Crippen LogP contribution is 2.30. The summed E-state index contributed by atoms with van der Waals surface area (Å²) in [5, 5.41) is 3.25. The van der Waals surface area contributed by atoms with Gasteiger partial charge < -0.3 is 19.2 Å². The van der Waals surface area contributed by atoms with Crippen LogP contribution in [0.4, 0.5) is 0 Å². The summed E-state index contributed by atoms with van der Waals surface area (Å²) in [6.07, 6.45) is 3.85. The second-order valence-corrected chi connectivity index (χ2v) is 6.60. The Kier molecular flexibility index (Phi) is 4.85. The first-order chi connectivity index (χ1) is 13.6. The van der Waals surface area contributed by atoms with Crippen LogP contribution in [0.2, 0.25) is 0 Å². The topological polar surface area (TPSA) is 77.8 Å². The molecule has 2 aromatic carbocycles. The Labute approximate surface area is 161 Å². The number of fused-ring (bicyclic) bond motifs is 2. The van der Waals surface area contributed by atoms with Crippen LogP contribution in [0, 0.1) is 6.92 Å². The van der Waals surface area contributed by atoms with E-state index in [1.807, 2.05) is 37.3 Å². The molecule has 0 aliphatic carbocycles. The Bertz CT molecular complexity index is 1120. The summed E-state index contributed by atoms with van der Waals surface area (Å²) in [5.74, 6) is 1.03. The van der Waals surface area contributed by atoms with E-state index in [1.54, 1.807) is 12.1 Å². The normalized spacial score (nSPS) is 15.7. The zero-order valence-electron chi connectivity index (χ0n) is 15.3. The van der Waals surface area contributed by atoms with Gasteiger partial charge in [-0.25, -0.2) is 0 Å². The molecular weight excluding hydrogens is 358 g/mol. The van der Waals surface area contributed by atoms with E-state index in [0.717, 1.165) is 5.56 Å². The zero-order valence-corrected chi connectivity index (χ0v) is 15.3. The number of benzene rings is 2. The fraction of sp³-hybridized carbons (Fsp3) is 0.182. The first kappa shape index (κ1) is 17.9. The molecule has 28 heavy (non-hydrogen) atoms. The summed E-state index contributed by atoms with van der Waals surface area (Å²) in [7, 11) is 0. The Morgan fingerprint density at radius 1 is 1.21 bits per heavy atom. The van der Waals surface area contributed by atoms with Crippen molar-refractivity contribution in [2.24, 2.45) is 0 Å². The van der Waals surface area contributed by atoms with Crippen LogP contribution >= 0.6 is 0 Å². The van der Waals surface area contributed by atoms with Crippen LogP contribution in [0.5, 0.6) is 11.5 Å². The van der Waals surface area contributed by atoms with E-state index in [4.69, 9.17) is 13.9 Å². The van der Waals surface area contributed by atoms with Gasteiger partial charge in [0.05, 0.1) is 17.5 Å². The van der Waals surface area contributed by atoms with Crippen LogP contribution in [-0.4, -0.2) is 25.2 Å². The van der Waals surface area contributed by atoms with Gasteiger partial charge >= 0.3 is 0 Å². The largest absolute Gasteiger partial charge is 0.486 e. The molecule has 0 saturated carbocycles. The lowest BCUT2D eigenvalue weighted by atomic mass is 10.1. The van der Waals surface area contributed by atoms with E-state index in [1.165, 1.54) is 18.4 Å². The van der Waals surface area contributed by atoms with Gasteiger partial charge in [0.15, 0.2) is 16.9 Å². The fourth-order valence-corrected chi connectivity index (χ4v) is 2.98. The fourth-order valence-electron chi connectivity index (χ4n) is 2.98. The minimum Gasteiger partial charge on any atom is -0.486 e. The van der Waals surface area contributed by atoms with Crippen LogP contribution in [0.3, 0.4) is 0 Å². The highest BCUT2D eigenvalue weighted by atomic mass is 16.6. The van der Waals surface area contributed by atoms with E-state index in [2.05, 4.69) is 5.32 Å². The first-order valence-corrected chi connectivity index (χ1v) is 8.97. The molecular formula is C22H19NO5. The lowest BCUT2D eigenvalue weighted by Crippen LogP contribution is -2.40. The van der Waals surface area contributed by atoms with E-state index < -0.39 is 0 Å². The van der Waals surface area contributed by atoms with Crippen molar-refractivity contribution in [3.05, 3.63) is 76.2 Å². The van der Waals surface area contributed by atoms with Gasteiger partial charge in [0.25, 0.3) is 0 Å². The molecule has 142 valence electrons. The summed E-state index contributed by atoms with van der Waals surface area (Å²) in [6, 6.07) is 12.8. The second kappa shape index (κ2) is 7.60. The summed E-state index contributed by atoms with van der Waals surface area (Å²) >= 11 is 0. The van der Waals surface area contributed by atoms with Crippen molar-refractivity contribution in [3.8, 4) is 11.5 Å². The summed E-state index contributed by atoms with van der Waals surface area (Å²) in [5.41, 5.74) is 1.64. The molecule has 0 fully saturated rings. The number of carbonyl (C=O) groups excluding carboxylic acids is 1. The van der Waals surface area contributed by atoms with Crippen molar-refractivity contribution in [3.63, 3.8) is 0 Å². The number of rotatable bonds is 4. The monoisotopic (exact) mass is 377 g/mol. The Balaban J connectivity index is 1.39. The number of aryl methyl sites for hydroxylation is 1. The highest BCUT2D eigenvalue weighted by molar-refractivity contribution is 5.92. The number of ether oxygens (including phenoxy) is 2. The van der Waals surface area contributed by atoms with Crippen molar-refractivity contribution in [1.82, 2.24) is 5.32 Å². The molecule has 1 aromatic heterocycles. The molecule has 1 aliphatic heterocycles. The van der Waals surface area contributed by atoms with Crippen LogP contribution in [0.15, 0.2) is 64.0 Å². The number of nitrogens with one attached hydrogen (secondary N) is 1. The molecule has 1 atom stereocenters. The zero-order chi connectivity index (χ0) is 19.5. The Morgan fingerprint density at radius 2 is 2.04 bits per heavy atom. The molecule has 0 bridgehead atoms. The molecule has 6 nitrogen and oxygen atoms in total. The minimum atomic E-state index is -0.328. The van der Waals surface area contributed by atoms with E-state index in [0.29, 0.717) is 41.2 Å². The molecule has 1 amide bonds. The number of hydrogen-bond donors (Lipinski definition) is 1. The van der Waals surface area contributed by atoms with Gasteiger partial charge in [-0.3, -0.25) is 9.59 Å². The molecule has 3 aromatic rings. The molecule has 1 unspecified atom stereocenters. The number of hydrogen-bond acceptors (Lipinski definition) is 5. The Hall–Kier alpha value is -3.54. The van der Waals surface area contributed by atoms with Gasteiger partial charge in [-0.05, 0) is 37.3 Å². The van der Waals surface area contributed by atoms with Gasteiger partial charge in [0.2, 0.25) is 5.91 Å². The van der Waals surface area contributed by atoms with E-state index in [9.17, 15) is 9.59 Å². The molecule has 0 saturated heterocycles. The predicted octanol–water partition coefficient (Wildman–Crippen LogP) is 3.07. The standard InChI is InChI=1S/C22H19NO5/c1-14-6-8-18-17(10-14)22(25)15(12-26-18)7-9-21(24)23-11-16-13-27-19-4-2-3-5-20(19)28-16/h2-10,12,16H,11,13H2,1H3,(H,23,24)/b9-7+. The van der Waals surface area contributed by atoms with Gasteiger partial charge in [-0.2, -0.15) is 0 Å². The number of para-hydroxylation sites is 2. The molecule has 0 radical (unpaired) electrons. The molecule has 2 heterocycles. The summed E-state index contributed by atoms with van der Waals surface area (Å²) < 4.78 is 16.9. The average molecular weight is 377 g/mol. The summed E-state index contributed by atoms with van der Waals surface area (Å²) in [4.78, 5) is 24.6. The summed E-state index contributed by atoms with van der Waals surface area (Å²) in [6.45, 7) is 2.56. The number of amides is 1. The average Bonchev–Trinajstić information content (AvgIpc) is 2.72. The predicted molar refractivity (Wildman–Crippen MR) is 106 cm³/mol. The second-order valence-electron chi connectivity index (χ2n) is 6.60. The molecule has 1 N–H and O–H groups in total. The molecule has 1 aliphatic rings. The van der Waals surface area contributed by atoms with E-state index in [-0.39, 0.29) is 17.4 Å². The third kappa shape index (κ3) is 3.76. The molecule has 4 rings (SSSR count). The number of carbonyl (C=O) groups is 1. The van der Waals surface area contributed by atoms with Crippen molar-refractivity contribution < 1.29 is 18.7 Å². The van der Waals surface area contributed by atoms with Crippen LogP contribution in [-0.2, 0) is 4.79 Å². The van der Waals surface area contributed by atoms with Gasteiger partial charge in [-0.15, -0.1) is 0 Å². The smallest absolute Gasteiger partial charge is 0.244 e.